The predicted octanol–water partition coefficient (Wildman–Crippen LogP) is -0.644. The third-order valence-corrected chi connectivity index (χ3v) is 1.63. The molecule has 0 aliphatic heterocycles. The molecule has 0 fully saturated rings. The van der Waals surface area contributed by atoms with Gasteiger partial charge < -0.3 is 20.4 Å². The van der Waals surface area contributed by atoms with Gasteiger partial charge in [0.1, 0.15) is 0 Å². The first-order valence-corrected chi connectivity index (χ1v) is 7.94. The third-order valence-electron chi connectivity index (χ3n) is 1.63. The Morgan fingerprint density at radius 2 is 0.517 bits per heavy atom. The molecule has 0 saturated heterocycles. The third kappa shape index (κ3) is 77.2. The molecular weight excluding hydrogens is 552 g/mol. The van der Waals surface area contributed by atoms with E-state index in [2.05, 4.69) is 0 Å². The fourth-order valence-electron chi connectivity index (χ4n) is 1.14. The van der Waals surface area contributed by atoms with E-state index >= 15 is 0 Å². The first-order chi connectivity index (χ1) is 12.5. The zero-order valence-electron chi connectivity index (χ0n) is 18.0. The van der Waals surface area contributed by atoms with Crippen molar-refractivity contribution in [2.24, 2.45) is 0 Å². The van der Waals surface area contributed by atoms with Crippen LogP contribution in [0.4, 0.5) is 0 Å². The summed E-state index contributed by atoms with van der Waals surface area (Å²) in [5, 5.41) is 39.9. The summed E-state index contributed by atoms with van der Waals surface area (Å²) in [5.41, 5.74) is 0. The molecule has 0 unspecified atom stereocenters. The molecule has 0 rings (SSSR count). The molecule has 0 aromatic heterocycles. The molecule has 0 aromatic carbocycles. The Hall–Kier alpha value is -2.47. The zero-order valence-corrected chi connectivity index (χ0v) is 20.9. The monoisotopic (exact) mass is 580 g/mol. The molecule has 0 heterocycles. The van der Waals surface area contributed by atoms with Crippen LogP contribution in [0.1, 0.15) is 55.4 Å². The summed E-state index contributed by atoms with van der Waals surface area (Å²) in [6.45, 7) is 10.8. The number of ketones is 4. The van der Waals surface area contributed by atoms with Gasteiger partial charge in [-0.3, -0.25) is 19.2 Å². The number of allylic oxidation sites excluding steroid dienone is 8. The molecule has 0 radical (unpaired) electrons. The Balaban J connectivity index is -0.0000000873. The molecule has 0 amide bonds. The Morgan fingerprint density at radius 1 is 0.414 bits per heavy atom. The Morgan fingerprint density at radius 3 is 0.517 bits per heavy atom. The molecular formula is C20H28O8W-4. The Labute approximate surface area is 186 Å². The Kier molecular flexibility index (Phi) is 30.3. The van der Waals surface area contributed by atoms with E-state index in [0.29, 0.717) is 0 Å². The zero-order chi connectivity index (χ0) is 23.4. The molecule has 0 aromatic rings. The maximum Gasteiger partial charge on any atom is 0.151 e. The van der Waals surface area contributed by atoms with Crippen molar-refractivity contribution in [1.82, 2.24) is 0 Å². The number of rotatable bonds is 4. The molecule has 0 N–H and O–H groups in total. The fourth-order valence-corrected chi connectivity index (χ4v) is 1.14. The van der Waals surface area contributed by atoms with E-state index in [-0.39, 0.29) is 67.2 Å². The largest absolute Gasteiger partial charge is 0.876 e. The van der Waals surface area contributed by atoms with Crippen LogP contribution >= 0.6 is 0 Å². The van der Waals surface area contributed by atoms with Gasteiger partial charge in [0.2, 0.25) is 0 Å². The number of hydrogen-bond acceptors (Lipinski definition) is 8. The van der Waals surface area contributed by atoms with Gasteiger partial charge in [-0.1, -0.05) is 27.7 Å². The van der Waals surface area contributed by atoms with Crippen LogP contribution in [-0.4, -0.2) is 23.1 Å². The van der Waals surface area contributed by atoms with Gasteiger partial charge in [0.05, 0.1) is 0 Å². The average Bonchev–Trinajstić information content (AvgIpc) is 2.32. The molecule has 166 valence electrons. The van der Waals surface area contributed by atoms with Crippen molar-refractivity contribution in [2.75, 3.05) is 0 Å². The van der Waals surface area contributed by atoms with Crippen molar-refractivity contribution in [3.05, 3.63) is 47.3 Å². The van der Waals surface area contributed by atoms with E-state index in [0.717, 1.165) is 24.3 Å². The van der Waals surface area contributed by atoms with Crippen molar-refractivity contribution in [2.45, 2.75) is 55.4 Å². The van der Waals surface area contributed by atoms with Crippen LogP contribution in [0.25, 0.3) is 0 Å². The fraction of sp³-hybridized carbons (Fsp3) is 0.400. The number of carbonyl (C=O) groups is 4. The summed E-state index contributed by atoms with van der Waals surface area (Å²) in [4.78, 5) is 39.9. The van der Waals surface area contributed by atoms with Gasteiger partial charge >= 0.3 is 0 Å². The standard InChI is InChI=1S/4C5H8O2.W/c4*1-4(6)3-5(2)7;/h4*3,6H,1-2H3;/p-4/b4*4-3-;. The second-order valence-corrected chi connectivity index (χ2v) is 5.46. The minimum absolute atomic E-state index is 0. The van der Waals surface area contributed by atoms with Gasteiger partial charge in [-0.15, -0.1) is 23.0 Å². The van der Waals surface area contributed by atoms with Crippen molar-refractivity contribution in [3.8, 4) is 0 Å². The summed E-state index contributed by atoms with van der Waals surface area (Å²) in [5.74, 6) is -1.50. The van der Waals surface area contributed by atoms with Crippen LogP contribution in [-0.2, 0) is 40.2 Å². The van der Waals surface area contributed by atoms with Gasteiger partial charge in [0, 0.05) is 21.1 Å². The summed E-state index contributed by atoms with van der Waals surface area (Å²) in [7, 11) is 0. The van der Waals surface area contributed by atoms with Gasteiger partial charge in [-0.2, -0.15) is 0 Å². The Bertz CT molecular complexity index is 513. The SMILES string of the molecule is CC(=O)/C=C(/C)[O-].CC(=O)/C=C(/C)[O-].CC(=O)/C=C(/C)[O-].CC(=O)/C=C(/C)[O-].[W]. The predicted molar refractivity (Wildman–Crippen MR) is 97.8 cm³/mol. The smallest absolute Gasteiger partial charge is 0.151 e. The maximum absolute atomic E-state index is 9.98. The van der Waals surface area contributed by atoms with E-state index in [4.69, 9.17) is 0 Å². The molecule has 29 heavy (non-hydrogen) atoms. The van der Waals surface area contributed by atoms with Crippen molar-refractivity contribution in [1.29, 1.82) is 0 Å². The summed E-state index contributed by atoms with van der Waals surface area (Å²) >= 11 is 0. The molecule has 9 heteroatoms. The van der Waals surface area contributed by atoms with Crippen LogP contribution < -0.4 is 20.4 Å². The summed E-state index contributed by atoms with van der Waals surface area (Å²) < 4.78 is 0. The van der Waals surface area contributed by atoms with Crippen LogP contribution in [0.3, 0.4) is 0 Å². The second-order valence-electron chi connectivity index (χ2n) is 5.46. The van der Waals surface area contributed by atoms with E-state index < -0.39 is 0 Å². The minimum atomic E-state index is -0.187. The van der Waals surface area contributed by atoms with Crippen LogP contribution in [0.2, 0.25) is 0 Å². The van der Waals surface area contributed by atoms with E-state index in [1.807, 2.05) is 0 Å². The summed E-state index contributed by atoms with van der Waals surface area (Å²) in [6.07, 6.45) is 4.22. The van der Waals surface area contributed by atoms with E-state index in [1.54, 1.807) is 0 Å². The quantitative estimate of drug-likeness (QED) is 0.314. The molecule has 0 atom stereocenters. The van der Waals surface area contributed by atoms with E-state index in [9.17, 15) is 39.6 Å². The van der Waals surface area contributed by atoms with Crippen molar-refractivity contribution in [3.63, 3.8) is 0 Å². The summed E-state index contributed by atoms with van der Waals surface area (Å²) in [6, 6.07) is 0. The van der Waals surface area contributed by atoms with Gasteiger partial charge in [-0.05, 0) is 52.0 Å². The molecule has 8 nitrogen and oxygen atoms in total. The first kappa shape index (κ1) is 37.3. The maximum atomic E-state index is 9.98. The number of carbonyl (C=O) groups excluding carboxylic acids is 4. The van der Waals surface area contributed by atoms with Crippen LogP contribution in [0, 0.1) is 0 Å². The normalized spacial score (nSPS) is 11.0. The van der Waals surface area contributed by atoms with Gasteiger partial charge in [-0.25, -0.2) is 0 Å². The molecule has 0 aliphatic rings. The molecule has 0 bridgehead atoms. The van der Waals surface area contributed by atoms with Gasteiger partial charge in [0.25, 0.3) is 0 Å². The second kappa shape index (κ2) is 23.6. The van der Waals surface area contributed by atoms with Gasteiger partial charge in [0.15, 0.2) is 23.1 Å². The van der Waals surface area contributed by atoms with Crippen LogP contribution in [0.5, 0.6) is 0 Å². The molecule has 0 spiro atoms. The van der Waals surface area contributed by atoms with E-state index in [1.165, 1.54) is 55.4 Å². The van der Waals surface area contributed by atoms with Crippen molar-refractivity contribution < 1.29 is 60.7 Å². The first-order valence-electron chi connectivity index (χ1n) is 7.94. The number of hydrogen-bond donors (Lipinski definition) is 0. The molecule has 0 saturated carbocycles. The topological polar surface area (TPSA) is 161 Å². The van der Waals surface area contributed by atoms with Crippen molar-refractivity contribution >= 4 is 23.1 Å². The van der Waals surface area contributed by atoms with Crippen LogP contribution in [0.15, 0.2) is 47.3 Å². The molecule has 0 aliphatic carbocycles. The average molecular weight is 580 g/mol. The minimum Gasteiger partial charge on any atom is -0.876 e.